The van der Waals surface area contributed by atoms with Gasteiger partial charge in [0, 0.05) is 5.56 Å². The number of carboxylic acids is 1. The van der Waals surface area contributed by atoms with Crippen molar-refractivity contribution in [2.75, 3.05) is 0 Å². The Balaban J connectivity index is 0.000000216. The fourth-order valence-electron chi connectivity index (χ4n) is 3.15. The second-order valence-electron chi connectivity index (χ2n) is 6.70. The van der Waals surface area contributed by atoms with E-state index in [0.29, 0.717) is 0 Å². The molecule has 0 heterocycles. The van der Waals surface area contributed by atoms with E-state index in [-0.39, 0.29) is 5.56 Å². The first kappa shape index (κ1) is 21.8. The highest BCUT2D eigenvalue weighted by molar-refractivity contribution is 8.14. The molecule has 0 saturated carbocycles. The Labute approximate surface area is 182 Å². The third kappa shape index (κ3) is 4.97. The van der Waals surface area contributed by atoms with Crippen LogP contribution in [0.2, 0.25) is 0 Å². The van der Waals surface area contributed by atoms with E-state index in [4.69, 9.17) is 11.2 Å². The summed E-state index contributed by atoms with van der Waals surface area (Å²) in [6.07, 6.45) is 0. The van der Waals surface area contributed by atoms with Crippen molar-refractivity contribution in [3.05, 3.63) is 126 Å². The van der Waals surface area contributed by atoms with Gasteiger partial charge in [-0.3, -0.25) is 0 Å². The summed E-state index contributed by atoms with van der Waals surface area (Å²) in [5, 5.41) is 13.9. The molecule has 4 aromatic carbocycles. The first-order valence-electron chi connectivity index (χ1n) is 9.56. The average molecular weight is 433 g/mol. The second-order valence-corrected chi connectivity index (χ2v) is 10.9. The minimum atomic E-state index is -2.05. The minimum absolute atomic E-state index is 0.266. The summed E-state index contributed by atoms with van der Waals surface area (Å²) in [6, 6.07) is 37.9. The fraction of sp³-hybridized carbons (Fsp3) is 0.0385. The summed E-state index contributed by atoms with van der Waals surface area (Å²) in [5.74, 6) is -1.11. The third-order valence-corrected chi connectivity index (χ3v) is 9.49. The van der Waals surface area contributed by atoms with E-state index in [9.17, 15) is 9.90 Å². The van der Waals surface area contributed by atoms with Crippen molar-refractivity contribution >= 4 is 39.7 Å². The Morgan fingerprint density at radius 3 is 1.27 bits per heavy atom. The van der Waals surface area contributed by atoms with E-state index < -0.39 is 12.6 Å². The lowest BCUT2D eigenvalue weighted by atomic mass is 10.1. The van der Waals surface area contributed by atoms with Gasteiger partial charge in [0.05, 0.1) is 5.97 Å². The molecule has 30 heavy (non-hydrogen) atoms. The highest BCUT2D eigenvalue weighted by Gasteiger charge is 2.44. The van der Waals surface area contributed by atoms with Gasteiger partial charge in [0.25, 0.3) is 0 Å². The van der Waals surface area contributed by atoms with Crippen molar-refractivity contribution in [3.8, 4) is 0 Å². The van der Waals surface area contributed by atoms with Gasteiger partial charge < -0.3 is 9.90 Å². The van der Waals surface area contributed by atoms with Gasteiger partial charge in [0.1, 0.15) is 27.2 Å². The molecule has 0 aliphatic heterocycles. The molecule has 0 amide bonds. The molecule has 4 heteroatoms. The van der Waals surface area contributed by atoms with Crippen LogP contribution in [-0.2, 0) is 0 Å². The number of aromatic carboxylic acids is 1. The van der Waals surface area contributed by atoms with Crippen molar-refractivity contribution in [2.24, 2.45) is 0 Å². The van der Waals surface area contributed by atoms with Crippen LogP contribution in [0.5, 0.6) is 0 Å². The summed E-state index contributed by atoms with van der Waals surface area (Å²) < 4.78 is 0. The molecule has 0 fully saturated rings. The molecule has 0 radical (unpaired) electrons. The molecule has 0 aromatic heterocycles. The number of carboxylic acid groups (broad SMARTS) is 1. The highest BCUT2D eigenvalue weighted by Crippen LogP contribution is 2.60. The smallest absolute Gasteiger partial charge is 0.210 e. The molecule has 4 aromatic rings. The first-order valence-corrected chi connectivity index (χ1v) is 12.3. The zero-order valence-corrected chi connectivity index (χ0v) is 18.3. The molecule has 0 aliphatic carbocycles. The minimum Gasteiger partial charge on any atom is -0.545 e. The summed E-state index contributed by atoms with van der Waals surface area (Å²) in [6.45, 7) is -0.313. The van der Waals surface area contributed by atoms with Crippen LogP contribution in [0, 0.1) is 6.92 Å². The third-order valence-electron chi connectivity index (χ3n) is 4.70. The number of hydrogen-bond donors (Lipinski definition) is 0. The number of carbonyl (C=O) groups is 1. The molecule has 0 unspecified atom stereocenters. The van der Waals surface area contributed by atoms with Crippen LogP contribution in [-0.4, -0.2) is 5.97 Å². The van der Waals surface area contributed by atoms with Crippen LogP contribution in [0.25, 0.3) is 0 Å². The summed E-state index contributed by atoms with van der Waals surface area (Å²) in [7, 11) is 0. The monoisotopic (exact) mass is 432 g/mol. The van der Waals surface area contributed by atoms with Crippen molar-refractivity contribution in [2.45, 2.75) is 6.92 Å². The number of benzene rings is 4. The number of carbonyl (C=O) groups excluding carboxylic acids is 1. The normalized spacial score (nSPS) is 10.6. The van der Waals surface area contributed by atoms with Crippen molar-refractivity contribution < 1.29 is 9.90 Å². The Morgan fingerprint density at radius 2 is 0.967 bits per heavy atom. The van der Waals surface area contributed by atoms with Crippen LogP contribution < -0.4 is 21.0 Å². The fourth-order valence-corrected chi connectivity index (χ4v) is 6.81. The summed E-state index contributed by atoms with van der Waals surface area (Å²) >= 11 is 7.23. The number of aryl methyl sites for hydroxylation is 1. The van der Waals surface area contributed by atoms with E-state index in [1.165, 1.54) is 22.0 Å². The lowest BCUT2D eigenvalue weighted by molar-refractivity contribution is -0.255. The summed E-state index contributed by atoms with van der Waals surface area (Å²) in [4.78, 5) is 10.3. The lowest BCUT2D eigenvalue weighted by Gasteiger charge is -2.18. The number of hydrogen-bond acceptors (Lipinski definition) is 2. The predicted molar refractivity (Wildman–Crippen MR) is 127 cm³/mol. The maximum atomic E-state index is 10.3. The molecule has 150 valence electrons. The first-order chi connectivity index (χ1) is 14.5. The SMILES string of the molecule is Cc1ccccc1C(=O)[O-].Cl[P+](c1ccccc1)(c1ccccc1)c1ccccc1. The van der Waals surface area contributed by atoms with Crippen LogP contribution in [0.15, 0.2) is 115 Å². The molecule has 0 N–H and O–H groups in total. The van der Waals surface area contributed by atoms with Gasteiger partial charge in [-0.25, -0.2) is 0 Å². The molecule has 0 aliphatic rings. The van der Waals surface area contributed by atoms with Gasteiger partial charge in [-0.2, -0.15) is 0 Å². The maximum absolute atomic E-state index is 10.3. The van der Waals surface area contributed by atoms with Gasteiger partial charge in [0.2, 0.25) is 6.62 Å². The molecule has 0 spiro atoms. The second kappa shape index (κ2) is 10.2. The quantitative estimate of drug-likeness (QED) is 0.446. The lowest BCUT2D eigenvalue weighted by Crippen LogP contribution is -2.26. The largest absolute Gasteiger partial charge is 0.545 e. The number of rotatable bonds is 4. The Bertz CT molecular complexity index is 987. The zero-order valence-electron chi connectivity index (χ0n) is 16.6. The predicted octanol–water partition coefficient (Wildman–Crippen LogP) is 4.49. The topological polar surface area (TPSA) is 40.1 Å². The molecule has 0 saturated heterocycles. The Morgan fingerprint density at radius 1 is 0.633 bits per heavy atom. The van der Waals surface area contributed by atoms with Gasteiger partial charge in [-0.1, -0.05) is 78.9 Å². The standard InChI is InChI=1S/C18H15ClP.C8H8O2/c19-20(16-10-4-1-5-11-16,17-12-6-2-7-13-17)18-14-8-3-9-15-18;1-6-4-2-3-5-7(6)8(9)10/h1-15H;2-5H,1H3,(H,9,10)/q+1;/p-1. The Hall–Kier alpha value is -2.93. The van der Waals surface area contributed by atoms with Gasteiger partial charge in [-0.15, -0.1) is 0 Å². The molecular weight excluding hydrogens is 411 g/mol. The van der Waals surface area contributed by atoms with Crippen LogP contribution in [0.1, 0.15) is 15.9 Å². The summed E-state index contributed by atoms with van der Waals surface area (Å²) in [5.41, 5.74) is 1.00. The van der Waals surface area contributed by atoms with E-state index in [2.05, 4.69) is 72.8 Å². The van der Waals surface area contributed by atoms with Crippen molar-refractivity contribution in [3.63, 3.8) is 0 Å². The van der Waals surface area contributed by atoms with E-state index in [0.717, 1.165) is 5.56 Å². The van der Waals surface area contributed by atoms with E-state index >= 15 is 0 Å². The van der Waals surface area contributed by atoms with Gasteiger partial charge >= 0.3 is 0 Å². The zero-order chi connectivity index (χ0) is 21.4. The van der Waals surface area contributed by atoms with E-state index in [1.807, 2.05) is 18.2 Å². The maximum Gasteiger partial charge on any atom is 0.210 e. The highest BCUT2D eigenvalue weighted by atomic mass is 35.7. The average Bonchev–Trinajstić information content (AvgIpc) is 2.81. The van der Waals surface area contributed by atoms with Crippen LogP contribution in [0.4, 0.5) is 0 Å². The molecular formula is C26H22ClO2P. The Kier molecular flexibility index (Phi) is 7.41. The molecule has 2 nitrogen and oxygen atoms in total. The number of halogens is 1. The van der Waals surface area contributed by atoms with E-state index in [1.54, 1.807) is 25.1 Å². The van der Waals surface area contributed by atoms with Gasteiger partial charge in [0.15, 0.2) is 0 Å². The molecule has 0 atom stereocenters. The van der Waals surface area contributed by atoms with Gasteiger partial charge in [-0.05, 0) is 48.9 Å². The molecule has 4 rings (SSSR count). The molecule has 0 bridgehead atoms. The van der Waals surface area contributed by atoms with Crippen LogP contribution in [0.3, 0.4) is 0 Å². The van der Waals surface area contributed by atoms with Crippen LogP contribution >= 0.6 is 17.9 Å². The van der Waals surface area contributed by atoms with Crippen molar-refractivity contribution in [1.29, 1.82) is 0 Å². The van der Waals surface area contributed by atoms with Crippen molar-refractivity contribution in [1.82, 2.24) is 0 Å².